The number of ether oxygens (including phenoxy) is 1. The number of hydrogen-bond donors (Lipinski definition) is 1. The molecule has 0 saturated heterocycles. The van der Waals surface area contributed by atoms with Gasteiger partial charge in [-0.1, -0.05) is 32.0 Å². The minimum Gasteiger partial charge on any atom is -0.493 e. The summed E-state index contributed by atoms with van der Waals surface area (Å²) in [4.78, 5) is 0. The molecule has 2 unspecified atom stereocenters. The minimum atomic E-state index is -0.284. The van der Waals surface area contributed by atoms with Gasteiger partial charge in [0.25, 0.3) is 0 Å². The molecule has 0 fully saturated rings. The molecule has 0 amide bonds. The molecule has 1 N–H and O–H groups in total. The summed E-state index contributed by atoms with van der Waals surface area (Å²) in [6.07, 6.45) is 0.436. The molecular weight excluding hydrogens is 188 g/mol. The zero-order valence-electron chi connectivity index (χ0n) is 9.31. The van der Waals surface area contributed by atoms with E-state index in [1.165, 1.54) is 0 Å². The summed E-state index contributed by atoms with van der Waals surface area (Å²) in [6, 6.07) is 8.04. The van der Waals surface area contributed by atoms with Crippen molar-refractivity contribution in [1.29, 1.82) is 0 Å². The van der Waals surface area contributed by atoms with Gasteiger partial charge in [0.1, 0.15) is 5.75 Å². The van der Waals surface area contributed by atoms with Crippen LogP contribution >= 0.6 is 0 Å². The number of aliphatic hydroxyl groups excluding tert-OH is 1. The van der Waals surface area contributed by atoms with Gasteiger partial charge in [-0.2, -0.15) is 0 Å². The number of rotatable bonds is 1. The van der Waals surface area contributed by atoms with Crippen LogP contribution < -0.4 is 4.74 Å². The number of aliphatic hydroxyl groups is 1. The summed E-state index contributed by atoms with van der Waals surface area (Å²) < 4.78 is 5.64. The summed E-state index contributed by atoms with van der Waals surface area (Å²) in [6.45, 7) is 4.91. The molecule has 0 spiro atoms. The van der Waals surface area contributed by atoms with Crippen molar-refractivity contribution < 1.29 is 9.84 Å². The van der Waals surface area contributed by atoms with E-state index in [1.54, 1.807) is 0 Å². The Labute approximate surface area is 90.9 Å². The third-order valence-electron chi connectivity index (χ3n) is 3.08. The Morgan fingerprint density at radius 1 is 1.33 bits per heavy atom. The quantitative estimate of drug-likeness (QED) is 0.765. The fourth-order valence-corrected chi connectivity index (χ4v) is 2.37. The van der Waals surface area contributed by atoms with E-state index in [-0.39, 0.29) is 12.0 Å². The Morgan fingerprint density at radius 2 is 2.07 bits per heavy atom. The molecule has 1 aromatic carbocycles. The molecule has 0 aromatic heterocycles. The minimum absolute atomic E-state index is 0.198. The van der Waals surface area contributed by atoms with Crippen LogP contribution in [0.4, 0.5) is 0 Å². The molecule has 2 heteroatoms. The van der Waals surface area contributed by atoms with E-state index in [1.807, 2.05) is 18.2 Å². The molecule has 0 radical (unpaired) electrons. The zero-order valence-corrected chi connectivity index (χ0v) is 9.31. The van der Waals surface area contributed by atoms with Crippen molar-refractivity contribution in [2.45, 2.75) is 32.3 Å². The lowest BCUT2D eigenvalue weighted by molar-refractivity contribution is 0.107. The van der Waals surface area contributed by atoms with Crippen LogP contribution in [-0.4, -0.2) is 17.8 Å². The van der Waals surface area contributed by atoms with Gasteiger partial charge in [0.15, 0.2) is 0 Å². The first-order valence-electron chi connectivity index (χ1n) is 5.60. The van der Waals surface area contributed by atoms with Crippen LogP contribution in [0, 0.1) is 5.92 Å². The van der Waals surface area contributed by atoms with Crippen molar-refractivity contribution in [3.63, 3.8) is 0 Å². The molecule has 0 saturated carbocycles. The van der Waals surface area contributed by atoms with Crippen molar-refractivity contribution in [3.8, 4) is 5.75 Å². The van der Waals surface area contributed by atoms with Crippen LogP contribution in [0.1, 0.15) is 31.7 Å². The second-order valence-corrected chi connectivity index (χ2v) is 4.51. The second kappa shape index (κ2) is 4.23. The monoisotopic (exact) mass is 206 g/mol. The molecule has 1 aromatic rings. The normalized spacial score (nSPS) is 25.6. The maximum absolute atomic E-state index is 10.1. The first-order valence-corrected chi connectivity index (χ1v) is 5.60. The van der Waals surface area contributed by atoms with E-state index in [0.717, 1.165) is 17.7 Å². The first kappa shape index (κ1) is 10.5. The molecule has 2 nitrogen and oxygen atoms in total. The summed E-state index contributed by atoms with van der Waals surface area (Å²) in [7, 11) is 0. The van der Waals surface area contributed by atoms with Crippen LogP contribution in [0.25, 0.3) is 0 Å². The van der Waals surface area contributed by atoms with Crippen molar-refractivity contribution in [2.75, 3.05) is 6.61 Å². The van der Waals surface area contributed by atoms with Gasteiger partial charge >= 0.3 is 0 Å². The summed E-state index contributed by atoms with van der Waals surface area (Å²) in [5, 5.41) is 10.1. The van der Waals surface area contributed by atoms with Crippen molar-refractivity contribution in [2.24, 2.45) is 5.92 Å². The molecule has 0 bridgehead atoms. The smallest absolute Gasteiger partial charge is 0.122 e. The second-order valence-electron chi connectivity index (χ2n) is 4.51. The molecule has 0 aliphatic carbocycles. The van der Waals surface area contributed by atoms with Crippen molar-refractivity contribution in [1.82, 2.24) is 0 Å². The third-order valence-corrected chi connectivity index (χ3v) is 3.08. The molecule has 1 aliphatic heterocycles. The molecule has 1 aliphatic rings. The average Bonchev–Trinajstić information content (AvgIpc) is 2.35. The highest BCUT2D eigenvalue weighted by Gasteiger charge is 2.29. The fourth-order valence-electron chi connectivity index (χ4n) is 2.37. The molecule has 82 valence electrons. The van der Waals surface area contributed by atoms with E-state index in [2.05, 4.69) is 19.9 Å². The molecular formula is C13H18O2. The van der Waals surface area contributed by atoms with E-state index in [0.29, 0.717) is 12.5 Å². The molecule has 15 heavy (non-hydrogen) atoms. The summed E-state index contributed by atoms with van der Waals surface area (Å²) in [5.41, 5.74) is 1.15. The van der Waals surface area contributed by atoms with Crippen LogP contribution in [0.5, 0.6) is 5.75 Å². The zero-order chi connectivity index (χ0) is 10.8. The molecule has 1 heterocycles. The van der Waals surface area contributed by atoms with Gasteiger partial charge in [-0.25, -0.2) is 0 Å². The van der Waals surface area contributed by atoms with Gasteiger partial charge in [0.2, 0.25) is 0 Å². The van der Waals surface area contributed by atoms with Crippen LogP contribution in [-0.2, 0) is 0 Å². The maximum atomic E-state index is 10.1. The van der Waals surface area contributed by atoms with Crippen molar-refractivity contribution >= 4 is 0 Å². The van der Waals surface area contributed by atoms with Crippen LogP contribution in [0.3, 0.4) is 0 Å². The van der Waals surface area contributed by atoms with Crippen LogP contribution in [0.15, 0.2) is 24.3 Å². The number of benzene rings is 1. The highest BCUT2D eigenvalue weighted by molar-refractivity contribution is 5.38. The van der Waals surface area contributed by atoms with E-state index in [4.69, 9.17) is 4.74 Å². The van der Waals surface area contributed by atoms with Gasteiger partial charge < -0.3 is 9.84 Å². The lowest BCUT2D eigenvalue weighted by Gasteiger charge is -2.24. The first-order chi connectivity index (χ1) is 7.20. The number of para-hydroxylation sites is 1. The third kappa shape index (κ3) is 2.00. The summed E-state index contributed by atoms with van der Waals surface area (Å²) in [5.74, 6) is 1.57. The predicted octanol–water partition coefficient (Wildman–Crippen LogP) is 2.57. The van der Waals surface area contributed by atoms with Gasteiger partial charge in [0.05, 0.1) is 12.7 Å². The predicted molar refractivity (Wildman–Crippen MR) is 60.1 cm³/mol. The molecule has 2 rings (SSSR count). The Hall–Kier alpha value is -1.02. The highest BCUT2D eigenvalue weighted by atomic mass is 16.5. The lowest BCUT2D eigenvalue weighted by Crippen LogP contribution is -2.22. The number of fused-ring (bicyclic) bond motifs is 1. The van der Waals surface area contributed by atoms with Gasteiger partial charge in [-0.3, -0.25) is 0 Å². The topological polar surface area (TPSA) is 29.5 Å². The van der Waals surface area contributed by atoms with Gasteiger partial charge in [-0.05, 0) is 12.0 Å². The van der Waals surface area contributed by atoms with Crippen LogP contribution in [0.2, 0.25) is 0 Å². The lowest BCUT2D eigenvalue weighted by atomic mass is 9.83. The largest absolute Gasteiger partial charge is 0.493 e. The standard InChI is InChI=1S/C13H18O2/c1-9(2)13-10-5-3-4-6-12(10)15-8-7-11(13)14/h3-6,9,11,13-14H,7-8H2,1-2H3. The highest BCUT2D eigenvalue weighted by Crippen LogP contribution is 2.37. The average molecular weight is 206 g/mol. The SMILES string of the molecule is CC(C)C1c2ccccc2OCCC1O. The Morgan fingerprint density at radius 3 is 2.80 bits per heavy atom. The van der Waals surface area contributed by atoms with Crippen molar-refractivity contribution in [3.05, 3.63) is 29.8 Å². The van der Waals surface area contributed by atoms with E-state index in [9.17, 15) is 5.11 Å². The Bertz CT molecular complexity index is 333. The van der Waals surface area contributed by atoms with E-state index < -0.39 is 0 Å². The fraction of sp³-hybridized carbons (Fsp3) is 0.538. The summed E-state index contributed by atoms with van der Waals surface area (Å²) >= 11 is 0. The maximum Gasteiger partial charge on any atom is 0.122 e. The Balaban J connectivity index is 2.42. The Kier molecular flexibility index (Phi) is 2.96. The van der Waals surface area contributed by atoms with E-state index >= 15 is 0 Å². The number of hydrogen-bond acceptors (Lipinski definition) is 2. The van der Waals surface area contributed by atoms with Gasteiger partial charge in [-0.15, -0.1) is 0 Å². The molecule has 2 atom stereocenters. The van der Waals surface area contributed by atoms with Gasteiger partial charge in [0, 0.05) is 17.9 Å².